The topological polar surface area (TPSA) is 75.7 Å². The number of hydrogen-bond donors (Lipinski definition) is 1. The number of carbonyl (C=O) groups is 1. The van der Waals surface area contributed by atoms with E-state index in [1.54, 1.807) is 30.0 Å². The Bertz CT molecular complexity index is 1030. The van der Waals surface area contributed by atoms with Gasteiger partial charge >= 0.3 is 0 Å². The van der Waals surface area contributed by atoms with Crippen LogP contribution in [0, 0.1) is 0 Å². The average molecular weight is 447 g/mol. The highest BCUT2D eigenvalue weighted by Gasteiger charge is 2.32. The van der Waals surface area contributed by atoms with Crippen molar-refractivity contribution in [1.82, 2.24) is 9.62 Å². The number of nitrogens with zero attached hydrogens (tertiary/aromatic N) is 1. The van der Waals surface area contributed by atoms with Crippen molar-refractivity contribution in [2.24, 2.45) is 0 Å². The van der Waals surface area contributed by atoms with Crippen molar-refractivity contribution < 1.29 is 17.9 Å². The van der Waals surface area contributed by atoms with Gasteiger partial charge in [0.2, 0.25) is 10.0 Å². The molecule has 2 aromatic carbocycles. The van der Waals surface area contributed by atoms with Gasteiger partial charge in [0.25, 0.3) is 5.91 Å². The number of sulfonamides is 1. The lowest BCUT2D eigenvalue weighted by molar-refractivity contribution is -0.0440. The number of morpholine rings is 1. The highest BCUT2D eigenvalue weighted by Crippen LogP contribution is 2.36. The van der Waals surface area contributed by atoms with E-state index in [4.69, 9.17) is 4.74 Å². The van der Waals surface area contributed by atoms with Gasteiger partial charge in [0.1, 0.15) is 0 Å². The van der Waals surface area contributed by atoms with Crippen LogP contribution in [0.1, 0.15) is 42.2 Å². The molecule has 2 aromatic rings. The summed E-state index contributed by atoms with van der Waals surface area (Å²) in [6, 6.07) is 14.3. The number of ether oxygens (including phenoxy) is 1. The smallest absolute Gasteiger partial charge is 0.251 e. The van der Waals surface area contributed by atoms with Crippen LogP contribution in [0.25, 0.3) is 0 Å². The first-order chi connectivity index (χ1) is 14.3. The number of fused-ring (bicyclic) bond motifs is 1. The van der Waals surface area contributed by atoms with Gasteiger partial charge in [-0.1, -0.05) is 24.3 Å². The van der Waals surface area contributed by atoms with Crippen molar-refractivity contribution in [3.63, 3.8) is 0 Å². The number of hydrogen-bond acceptors (Lipinski definition) is 5. The van der Waals surface area contributed by atoms with Gasteiger partial charge < -0.3 is 10.1 Å². The van der Waals surface area contributed by atoms with Crippen LogP contribution in [-0.2, 0) is 14.8 Å². The van der Waals surface area contributed by atoms with E-state index in [0.29, 0.717) is 18.7 Å². The molecule has 1 saturated heterocycles. The molecule has 2 aliphatic rings. The van der Waals surface area contributed by atoms with Gasteiger partial charge in [-0.2, -0.15) is 4.31 Å². The van der Waals surface area contributed by atoms with Crippen LogP contribution in [0.5, 0.6) is 0 Å². The zero-order chi connectivity index (χ0) is 21.3. The molecular formula is C22H26N2O4S2. The zero-order valence-electron chi connectivity index (χ0n) is 17.1. The predicted molar refractivity (Wildman–Crippen MR) is 117 cm³/mol. The molecule has 1 amide bonds. The monoisotopic (exact) mass is 446 g/mol. The third kappa shape index (κ3) is 4.42. The Morgan fingerprint density at radius 2 is 1.83 bits per heavy atom. The molecule has 0 spiro atoms. The summed E-state index contributed by atoms with van der Waals surface area (Å²) in [6.07, 6.45) is 0.507. The lowest BCUT2D eigenvalue weighted by Gasteiger charge is -2.34. The fraction of sp³-hybridized carbons (Fsp3) is 0.409. The second kappa shape index (κ2) is 8.70. The maximum atomic E-state index is 13.1. The third-order valence-corrected chi connectivity index (χ3v) is 8.33. The minimum Gasteiger partial charge on any atom is -0.373 e. The Labute approximate surface area is 182 Å². The minimum absolute atomic E-state index is 0.0730. The van der Waals surface area contributed by atoms with E-state index < -0.39 is 10.0 Å². The Hall–Kier alpha value is -1.87. The fourth-order valence-electron chi connectivity index (χ4n) is 4.01. The minimum atomic E-state index is -3.70. The summed E-state index contributed by atoms with van der Waals surface area (Å²) in [7, 11) is -3.70. The van der Waals surface area contributed by atoms with E-state index in [9.17, 15) is 13.2 Å². The summed E-state index contributed by atoms with van der Waals surface area (Å²) in [4.78, 5) is 14.3. The Balaban J connectivity index is 1.54. The van der Waals surface area contributed by atoms with E-state index in [2.05, 4.69) is 11.4 Å². The first-order valence-corrected chi connectivity index (χ1v) is 12.6. The first kappa shape index (κ1) is 21.4. The molecule has 3 atom stereocenters. The number of carbonyl (C=O) groups excluding carboxylic acids is 1. The molecule has 0 aliphatic carbocycles. The van der Waals surface area contributed by atoms with Crippen molar-refractivity contribution in [3.8, 4) is 0 Å². The molecule has 4 rings (SSSR count). The predicted octanol–water partition coefficient (Wildman–Crippen LogP) is 3.45. The maximum absolute atomic E-state index is 13.1. The molecule has 1 fully saturated rings. The molecule has 0 saturated carbocycles. The van der Waals surface area contributed by atoms with Crippen molar-refractivity contribution in [2.45, 2.75) is 48.3 Å². The molecule has 0 unspecified atom stereocenters. The summed E-state index contributed by atoms with van der Waals surface area (Å²) < 4.78 is 33.4. The van der Waals surface area contributed by atoms with Crippen LogP contribution in [-0.4, -0.2) is 49.7 Å². The highest BCUT2D eigenvalue weighted by molar-refractivity contribution is 7.99. The van der Waals surface area contributed by atoms with Gasteiger partial charge in [-0.25, -0.2) is 8.42 Å². The molecule has 6 nitrogen and oxygen atoms in total. The molecule has 2 aliphatic heterocycles. The van der Waals surface area contributed by atoms with E-state index >= 15 is 0 Å². The lowest BCUT2D eigenvalue weighted by atomic mass is 10.0. The summed E-state index contributed by atoms with van der Waals surface area (Å²) >= 11 is 1.79. The quantitative estimate of drug-likeness (QED) is 0.779. The third-order valence-electron chi connectivity index (χ3n) is 5.38. The molecule has 2 heterocycles. The molecule has 160 valence electrons. The van der Waals surface area contributed by atoms with E-state index in [1.807, 2.05) is 32.0 Å². The van der Waals surface area contributed by atoms with Crippen LogP contribution in [0.15, 0.2) is 58.3 Å². The van der Waals surface area contributed by atoms with Gasteiger partial charge in [-0.3, -0.25) is 4.79 Å². The standard InChI is InChI=1S/C22H26N2O4S2/c1-15-13-24(14-16(2)28-15)30(26,27)18-7-5-6-17(12-18)22(25)23-20-10-11-29-21-9-4-3-8-19(20)21/h3-9,12,15-16,20H,10-11,13-14H2,1-2H3,(H,23,25)/t15-,16-,20+/m1/s1. The molecule has 0 radical (unpaired) electrons. The van der Waals surface area contributed by atoms with Gasteiger partial charge in [0.05, 0.1) is 23.1 Å². The maximum Gasteiger partial charge on any atom is 0.251 e. The van der Waals surface area contributed by atoms with Gasteiger partial charge in [-0.15, -0.1) is 11.8 Å². The van der Waals surface area contributed by atoms with Gasteiger partial charge in [0.15, 0.2) is 0 Å². The molecule has 30 heavy (non-hydrogen) atoms. The van der Waals surface area contributed by atoms with E-state index in [0.717, 1.165) is 17.7 Å². The normalized spacial score (nSPS) is 24.8. The number of rotatable bonds is 4. The van der Waals surface area contributed by atoms with Crippen molar-refractivity contribution in [2.75, 3.05) is 18.8 Å². The molecular weight excluding hydrogens is 420 g/mol. The summed E-state index contributed by atoms with van der Waals surface area (Å²) in [5.74, 6) is 0.673. The number of benzene rings is 2. The van der Waals surface area contributed by atoms with E-state index in [1.165, 1.54) is 15.3 Å². The number of nitrogens with one attached hydrogen (secondary N) is 1. The average Bonchev–Trinajstić information content (AvgIpc) is 2.73. The fourth-order valence-corrected chi connectivity index (χ4v) is 6.77. The van der Waals surface area contributed by atoms with Crippen LogP contribution < -0.4 is 5.32 Å². The Morgan fingerprint density at radius 3 is 2.60 bits per heavy atom. The SMILES string of the molecule is C[C@@H]1CN(S(=O)(=O)c2cccc(C(=O)N[C@H]3CCSc4ccccc43)c2)C[C@@H](C)O1. The molecule has 0 aromatic heterocycles. The molecule has 1 N–H and O–H groups in total. The molecule has 0 bridgehead atoms. The second-order valence-electron chi connectivity index (χ2n) is 7.81. The van der Waals surface area contributed by atoms with Crippen LogP contribution >= 0.6 is 11.8 Å². The molecule has 8 heteroatoms. The number of thioether (sulfide) groups is 1. The van der Waals surface area contributed by atoms with Crippen LogP contribution in [0.2, 0.25) is 0 Å². The summed E-state index contributed by atoms with van der Waals surface area (Å²) in [5.41, 5.74) is 1.46. The van der Waals surface area contributed by atoms with Crippen LogP contribution in [0.4, 0.5) is 0 Å². The van der Waals surface area contributed by atoms with Crippen LogP contribution in [0.3, 0.4) is 0 Å². The first-order valence-electron chi connectivity index (χ1n) is 10.1. The summed E-state index contributed by atoms with van der Waals surface area (Å²) in [5, 5.41) is 3.08. The largest absolute Gasteiger partial charge is 0.373 e. The van der Waals surface area contributed by atoms with Crippen molar-refractivity contribution >= 4 is 27.7 Å². The highest BCUT2D eigenvalue weighted by atomic mass is 32.2. The Kier molecular flexibility index (Phi) is 6.20. The summed E-state index contributed by atoms with van der Waals surface area (Å²) in [6.45, 7) is 4.34. The second-order valence-corrected chi connectivity index (χ2v) is 10.9. The van der Waals surface area contributed by atoms with Gasteiger partial charge in [0, 0.05) is 29.3 Å². The van der Waals surface area contributed by atoms with E-state index in [-0.39, 0.29) is 29.1 Å². The lowest BCUT2D eigenvalue weighted by Crippen LogP contribution is -2.48. The Morgan fingerprint density at radius 1 is 1.10 bits per heavy atom. The number of amides is 1. The van der Waals surface area contributed by atoms with Crippen molar-refractivity contribution in [1.29, 1.82) is 0 Å². The van der Waals surface area contributed by atoms with Crippen molar-refractivity contribution in [3.05, 3.63) is 59.7 Å². The zero-order valence-corrected chi connectivity index (χ0v) is 18.7. The van der Waals surface area contributed by atoms with Gasteiger partial charge in [-0.05, 0) is 50.1 Å².